The molecule has 0 atom stereocenters. The summed E-state index contributed by atoms with van der Waals surface area (Å²) in [6.07, 6.45) is 0. The zero-order chi connectivity index (χ0) is 22.3. The number of fused-ring (bicyclic) bond motifs is 1. The fourth-order valence-electron chi connectivity index (χ4n) is 2.95. The highest BCUT2D eigenvalue weighted by molar-refractivity contribution is 6.30. The lowest BCUT2D eigenvalue weighted by molar-refractivity contribution is 0.0731. The third kappa shape index (κ3) is 3.72. The molecule has 0 spiro atoms. The van der Waals surface area contributed by atoms with Gasteiger partial charge in [-0.25, -0.2) is 4.79 Å². The lowest BCUT2D eigenvalue weighted by Gasteiger charge is -2.12. The zero-order valence-electron chi connectivity index (χ0n) is 15.5. The molecular formula is C22H13ClO8. The SMILES string of the molecule is O=C(Oc1c(-c2ccc(O)c(O)c2)oc2cc(O)cc(O)c2c1=O)c1ccc(Cl)cc1. The lowest BCUT2D eigenvalue weighted by Crippen LogP contribution is -2.16. The Labute approximate surface area is 178 Å². The van der Waals surface area contributed by atoms with Crippen LogP contribution in [0.2, 0.25) is 5.02 Å². The van der Waals surface area contributed by atoms with Crippen molar-refractivity contribution in [3.8, 4) is 40.1 Å². The average Bonchev–Trinajstić information content (AvgIpc) is 2.71. The number of halogens is 1. The Morgan fingerprint density at radius 1 is 0.871 bits per heavy atom. The molecule has 0 saturated carbocycles. The molecule has 0 unspecified atom stereocenters. The second kappa shape index (κ2) is 7.58. The first kappa shape index (κ1) is 20.1. The van der Waals surface area contributed by atoms with Crippen LogP contribution < -0.4 is 10.2 Å². The van der Waals surface area contributed by atoms with Crippen LogP contribution in [0, 0.1) is 0 Å². The van der Waals surface area contributed by atoms with Gasteiger partial charge in [-0.15, -0.1) is 0 Å². The predicted molar refractivity (Wildman–Crippen MR) is 111 cm³/mol. The van der Waals surface area contributed by atoms with E-state index in [1.54, 1.807) is 0 Å². The van der Waals surface area contributed by atoms with Gasteiger partial charge in [0.2, 0.25) is 11.2 Å². The van der Waals surface area contributed by atoms with Crippen molar-refractivity contribution in [3.63, 3.8) is 0 Å². The Kier molecular flexibility index (Phi) is 4.92. The molecule has 0 bridgehead atoms. The van der Waals surface area contributed by atoms with Crippen LogP contribution in [-0.2, 0) is 0 Å². The summed E-state index contributed by atoms with van der Waals surface area (Å²) in [6.45, 7) is 0. The summed E-state index contributed by atoms with van der Waals surface area (Å²) >= 11 is 5.82. The summed E-state index contributed by atoms with van der Waals surface area (Å²) in [7, 11) is 0. The normalized spacial score (nSPS) is 10.9. The molecule has 0 aliphatic rings. The molecule has 3 aromatic carbocycles. The van der Waals surface area contributed by atoms with E-state index in [4.69, 9.17) is 20.8 Å². The van der Waals surface area contributed by atoms with Crippen molar-refractivity contribution in [2.45, 2.75) is 0 Å². The molecule has 0 amide bonds. The first-order chi connectivity index (χ1) is 14.7. The molecule has 1 heterocycles. The zero-order valence-corrected chi connectivity index (χ0v) is 16.3. The van der Waals surface area contributed by atoms with E-state index in [1.165, 1.54) is 30.3 Å². The summed E-state index contributed by atoms with van der Waals surface area (Å²) in [5.74, 6) is -3.58. The van der Waals surface area contributed by atoms with Crippen molar-refractivity contribution < 1.29 is 34.4 Å². The van der Waals surface area contributed by atoms with E-state index in [-0.39, 0.29) is 33.6 Å². The monoisotopic (exact) mass is 440 g/mol. The quantitative estimate of drug-likeness (QED) is 0.275. The number of hydrogen-bond donors (Lipinski definition) is 4. The standard InChI is InChI=1S/C22H13ClO8/c23-12-4-1-10(2-5-12)22(29)31-21-19(28)18-16(27)8-13(24)9-17(18)30-20(21)11-3-6-14(25)15(26)7-11/h1-9,24-27H. The molecule has 4 rings (SSSR count). The minimum absolute atomic E-state index is 0.0936. The third-order valence-corrected chi connectivity index (χ3v) is 4.68. The highest BCUT2D eigenvalue weighted by Crippen LogP contribution is 2.38. The van der Waals surface area contributed by atoms with Crippen LogP contribution in [0.25, 0.3) is 22.3 Å². The molecule has 0 saturated heterocycles. The third-order valence-electron chi connectivity index (χ3n) is 4.43. The van der Waals surface area contributed by atoms with Crippen LogP contribution in [-0.4, -0.2) is 26.4 Å². The molecule has 0 aliphatic carbocycles. The maximum Gasteiger partial charge on any atom is 0.343 e. The molecule has 1 aromatic heterocycles. The number of aromatic hydroxyl groups is 4. The van der Waals surface area contributed by atoms with Crippen molar-refractivity contribution in [1.82, 2.24) is 0 Å². The van der Waals surface area contributed by atoms with Gasteiger partial charge in [0.05, 0.1) is 5.56 Å². The first-order valence-electron chi connectivity index (χ1n) is 8.77. The van der Waals surface area contributed by atoms with Gasteiger partial charge in [0.1, 0.15) is 22.5 Å². The van der Waals surface area contributed by atoms with Gasteiger partial charge in [-0.3, -0.25) is 4.79 Å². The summed E-state index contributed by atoms with van der Waals surface area (Å²) in [5.41, 5.74) is -0.880. The van der Waals surface area contributed by atoms with Crippen LogP contribution in [0.4, 0.5) is 0 Å². The van der Waals surface area contributed by atoms with Crippen molar-refractivity contribution in [2.24, 2.45) is 0 Å². The highest BCUT2D eigenvalue weighted by atomic mass is 35.5. The number of phenols is 4. The smallest absolute Gasteiger partial charge is 0.343 e. The van der Waals surface area contributed by atoms with Gasteiger partial charge >= 0.3 is 5.97 Å². The summed E-state index contributed by atoms with van der Waals surface area (Å²) in [4.78, 5) is 25.7. The largest absolute Gasteiger partial charge is 0.508 e. The average molecular weight is 441 g/mol. The van der Waals surface area contributed by atoms with Gasteiger partial charge < -0.3 is 29.6 Å². The second-order valence-electron chi connectivity index (χ2n) is 6.53. The minimum Gasteiger partial charge on any atom is -0.508 e. The number of ether oxygens (including phenoxy) is 1. The Balaban J connectivity index is 1.95. The number of carbonyl (C=O) groups excluding carboxylic acids is 1. The van der Waals surface area contributed by atoms with Crippen LogP contribution in [0.15, 0.2) is 63.8 Å². The number of benzene rings is 3. The molecule has 4 aromatic rings. The highest BCUT2D eigenvalue weighted by Gasteiger charge is 2.24. The molecule has 0 aliphatic heterocycles. The number of esters is 1. The van der Waals surface area contributed by atoms with Crippen LogP contribution in [0.5, 0.6) is 28.7 Å². The fraction of sp³-hybridized carbons (Fsp3) is 0. The van der Waals surface area contributed by atoms with Crippen molar-refractivity contribution >= 4 is 28.5 Å². The van der Waals surface area contributed by atoms with E-state index in [0.29, 0.717) is 5.02 Å². The van der Waals surface area contributed by atoms with Gasteiger partial charge in [0.15, 0.2) is 17.3 Å². The maximum absolute atomic E-state index is 13.1. The molecule has 0 fully saturated rings. The summed E-state index contributed by atoms with van der Waals surface area (Å²) in [5, 5.41) is 39.4. The molecule has 0 radical (unpaired) electrons. The van der Waals surface area contributed by atoms with Gasteiger partial charge in [-0.2, -0.15) is 0 Å². The predicted octanol–water partition coefficient (Wildman–Crippen LogP) is 4.16. The van der Waals surface area contributed by atoms with Gasteiger partial charge in [-0.1, -0.05) is 11.6 Å². The Morgan fingerprint density at radius 2 is 1.58 bits per heavy atom. The van der Waals surface area contributed by atoms with Crippen molar-refractivity contribution in [3.05, 3.63) is 75.4 Å². The maximum atomic E-state index is 13.1. The molecule has 4 N–H and O–H groups in total. The van der Waals surface area contributed by atoms with E-state index >= 15 is 0 Å². The molecular weight excluding hydrogens is 428 g/mol. The number of carbonyl (C=O) groups is 1. The van der Waals surface area contributed by atoms with E-state index in [0.717, 1.165) is 24.3 Å². The molecule has 31 heavy (non-hydrogen) atoms. The molecule has 156 valence electrons. The number of rotatable bonds is 3. The topological polar surface area (TPSA) is 137 Å². The van der Waals surface area contributed by atoms with Gasteiger partial charge in [0.25, 0.3) is 0 Å². The van der Waals surface area contributed by atoms with Gasteiger partial charge in [0, 0.05) is 22.7 Å². The summed E-state index contributed by atoms with van der Waals surface area (Å²) < 4.78 is 11.0. The minimum atomic E-state index is -0.897. The first-order valence-corrected chi connectivity index (χ1v) is 9.15. The molecule has 8 nitrogen and oxygen atoms in total. The van der Waals surface area contributed by atoms with Crippen molar-refractivity contribution in [2.75, 3.05) is 0 Å². The van der Waals surface area contributed by atoms with E-state index in [9.17, 15) is 30.0 Å². The van der Waals surface area contributed by atoms with E-state index in [1.807, 2.05) is 0 Å². The Hall–Kier alpha value is -4.17. The second-order valence-corrected chi connectivity index (χ2v) is 6.96. The van der Waals surface area contributed by atoms with E-state index < -0.39 is 34.4 Å². The van der Waals surface area contributed by atoms with E-state index in [2.05, 4.69) is 0 Å². The van der Waals surface area contributed by atoms with Crippen LogP contribution in [0.1, 0.15) is 10.4 Å². The lowest BCUT2D eigenvalue weighted by atomic mass is 10.1. The summed E-state index contributed by atoms with van der Waals surface area (Å²) in [6, 6.07) is 11.3. The van der Waals surface area contributed by atoms with Crippen LogP contribution >= 0.6 is 11.6 Å². The number of phenolic OH excluding ortho intramolecular Hbond substituents is 4. The molecule has 9 heteroatoms. The Morgan fingerprint density at radius 3 is 2.26 bits per heavy atom. The van der Waals surface area contributed by atoms with Crippen LogP contribution in [0.3, 0.4) is 0 Å². The van der Waals surface area contributed by atoms with Gasteiger partial charge in [-0.05, 0) is 42.5 Å². The fourth-order valence-corrected chi connectivity index (χ4v) is 3.08. The number of hydrogen-bond acceptors (Lipinski definition) is 8. The van der Waals surface area contributed by atoms with Crippen molar-refractivity contribution in [1.29, 1.82) is 0 Å². The Bertz CT molecular complexity index is 1390.